The predicted molar refractivity (Wildman–Crippen MR) is 126 cm³/mol. The van der Waals surface area contributed by atoms with Crippen LogP contribution < -0.4 is 5.32 Å². The van der Waals surface area contributed by atoms with Crippen LogP contribution >= 0.6 is 23.2 Å². The Morgan fingerprint density at radius 2 is 1.72 bits per heavy atom. The monoisotopic (exact) mass is 463 g/mol. The van der Waals surface area contributed by atoms with Gasteiger partial charge >= 0.3 is 0 Å². The number of hydrogen-bond acceptors (Lipinski definition) is 3. The van der Waals surface area contributed by atoms with Gasteiger partial charge in [0.25, 0.3) is 0 Å². The Kier molecular flexibility index (Phi) is 5.17. The molecule has 1 amide bonds. The molecule has 0 saturated heterocycles. The van der Waals surface area contributed by atoms with E-state index in [0.29, 0.717) is 26.9 Å². The number of amides is 1. The smallest absolute Gasteiger partial charge is 0.239 e. The van der Waals surface area contributed by atoms with Crippen molar-refractivity contribution in [3.05, 3.63) is 105 Å². The SMILES string of the molecule is O=C1C[C@@H](c2cccc(Cl)c2)[C@@]2(C=C1c1ccc(CO)cc1)C(=O)Nc1cc(Cl)ccc12. The van der Waals surface area contributed by atoms with Gasteiger partial charge in [-0.05, 0) is 46.5 Å². The van der Waals surface area contributed by atoms with E-state index in [2.05, 4.69) is 5.32 Å². The Bertz CT molecular complexity index is 1280. The van der Waals surface area contributed by atoms with E-state index in [1.807, 2.05) is 24.3 Å². The molecule has 3 aromatic carbocycles. The number of hydrogen-bond donors (Lipinski definition) is 2. The molecule has 5 rings (SSSR count). The van der Waals surface area contributed by atoms with Crippen LogP contribution in [-0.2, 0) is 21.6 Å². The quantitative estimate of drug-likeness (QED) is 0.537. The molecule has 6 heteroatoms. The Hall–Kier alpha value is -2.92. The lowest BCUT2D eigenvalue weighted by molar-refractivity contribution is -0.121. The second-order valence-corrected chi connectivity index (χ2v) is 9.03. The van der Waals surface area contributed by atoms with Gasteiger partial charge in [-0.25, -0.2) is 0 Å². The first-order valence-electron chi connectivity index (χ1n) is 10.3. The second-order valence-electron chi connectivity index (χ2n) is 8.16. The summed E-state index contributed by atoms with van der Waals surface area (Å²) in [5.41, 5.74) is 3.14. The number of allylic oxidation sites excluding steroid dienone is 1. The van der Waals surface area contributed by atoms with Crippen LogP contribution in [0.3, 0.4) is 0 Å². The van der Waals surface area contributed by atoms with Crippen molar-refractivity contribution in [2.24, 2.45) is 0 Å². The summed E-state index contributed by atoms with van der Waals surface area (Å²) in [6.07, 6.45) is 1.96. The van der Waals surface area contributed by atoms with E-state index in [1.165, 1.54) is 0 Å². The van der Waals surface area contributed by atoms with Crippen LogP contribution in [0.5, 0.6) is 0 Å². The molecule has 3 aromatic rings. The normalized spacial score (nSPS) is 22.0. The Balaban J connectivity index is 1.75. The van der Waals surface area contributed by atoms with Gasteiger partial charge in [-0.3, -0.25) is 9.59 Å². The fraction of sp³-hybridized carbons (Fsp3) is 0.154. The molecule has 160 valence electrons. The molecule has 0 bridgehead atoms. The number of carbonyl (C=O) groups excluding carboxylic acids is 2. The number of nitrogens with one attached hydrogen (secondary N) is 1. The lowest BCUT2D eigenvalue weighted by Crippen LogP contribution is -2.43. The predicted octanol–water partition coefficient (Wildman–Crippen LogP) is 5.52. The highest BCUT2D eigenvalue weighted by Crippen LogP contribution is 2.54. The molecule has 1 heterocycles. The third-order valence-electron chi connectivity index (χ3n) is 6.36. The van der Waals surface area contributed by atoms with Gasteiger partial charge in [0, 0.05) is 33.6 Å². The molecule has 2 atom stereocenters. The van der Waals surface area contributed by atoms with E-state index >= 15 is 0 Å². The van der Waals surface area contributed by atoms with E-state index in [1.54, 1.807) is 48.5 Å². The van der Waals surface area contributed by atoms with Crippen LogP contribution in [0.4, 0.5) is 5.69 Å². The molecule has 2 aliphatic rings. The highest BCUT2D eigenvalue weighted by molar-refractivity contribution is 6.31. The maximum Gasteiger partial charge on any atom is 0.239 e. The third kappa shape index (κ3) is 3.27. The summed E-state index contributed by atoms with van der Waals surface area (Å²) in [5.74, 6) is -0.666. The summed E-state index contributed by atoms with van der Waals surface area (Å²) < 4.78 is 0. The van der Waals surface area contributed by atoms with E-state index in [4.69, 9.17) is 23.2 Å². The molecule has 0 fully saturated rings. The van der Waals surface area contributed by atoms with Crippen molar-refractivity contribution >= 4 is 46.2 Å². The number of carbonyl (C=O) groups is 2. The number of aliphatic hydroxyl groups is 1. The van der Waals surface area contributed by atoms with Crippen LogP contribution in [0.1, 0.15) is 34.6 Å². The minimum atomic E-state index is -1.08. The van der Waals surface area contributed by atoms with Crippen LogP contribution in [0.2, 0.25) is 10.0 Å². The minimum absolute atomic E-state index is 0.0486. The lowest BCUT2D eigenvalue weighted by atomic mass is 9.61. The van der Waals surface area contributed by atoms with Crippen LogP contribution in [0.15, 0.2) is 72.8 Å². The molecule has 1 spiro atoms. The second kappa shape index (κ2) is 7.89. The van der Waals surface area contributed by atoms with E-state index in [-0.39, 0.29) is 24.7 Å². The van der Waals surface area contributed by atoms with Gasteiger partial charge in [0.05, 0.1) is 6.61 Å². The topological polar surface area (TPSA) is 66.4 Å². The van der Waals surface area contributed by atoms with Gasteiger partial charge in [0.1, 0.15) is 5.41 Å². The number of Topliss-reactive ketones (excluding diaryl/α,β-unsaturated/α-hetero) is 1. The van der Waals surface area contributed by atoms with Crippen molar-refractivity contribution in [1.82, 2.24) is 0 Å². The summed E-state index contributed by atoms with van der Waals surface area (Å²) in [7, 11) is 0. The summed E-state index contributed by atoms with van der Waals surface area (Å²) in [5, 5.41) is 13.4. The molecule has 1 aliphatic carbocycles. The van der Waals surface area contributed by atoms with Crippen molar-refractivity contribution < 1.29 is 14.7 Å². The van der Waals surface area contributed by atoms with E-state index < -0.39 is 11.3 Å². The number of rotatable bonds is 3. The molecule has 32 heavy (non-hydrogen) atoms. The fourth-order valence-corrected chi connectivity index (χ4v) is 5.19. The van der Waals surface area contributed by atoms with Crippen molar-refractivity contribution in [3.8, 4) is 0 Å². The first-order chi connectivity index (χ1) is 15.4. The van der Waals surface area contributed by atoms with Gasteiger partial charge in [-0.15, -0.1) is 0 Å². The summed E-state index contributed by atoms with van der Waals surface area (Å²) in [6, 6.07) is 19.8. The van der Waals surface area contributed by atoms with Gasteiger partial charge in [-0.2, -0.15) is 0 Å². The molecular formula is C26H19Cl2NO3. The van der Waals surface area contributed by atoms with E-state index in [0.717, 1.165) is 16.7 Å². The van der Waals surface area contributed by atoms with E-state index in [9.17, 15) is 14.7 Å². The fourth-order valence-electron chi connectivity index (χ4n) is 4.82. The zero-order chi connectivity index (χ0) is 22.5. The first kappa shape index (κ1) is 21.0. The molecule has 0 aromatic heterocycles. The van der Waals surface area contributed by atoms with Crippen molar-refractivity contribution in [3.63, 3.8) is 0 Å². The number of aliphatic hydroxyl groups excluding tert-OH is 1. The molecule has 0 saturated carbocycles. The van der Waals surface area contributed by atoms with Crippen LogP contribution in [0, 0.1) is 0 Å². The van der Waals surface area contributed by atoms with Gasteiger partial charge in [0.15, 0.2) is 5.78 Å². The number of fused-ring (bicyclic) bond motifs is 2. The van der Waals surface area contributed by atoms with Gasteiger partial charge < -0.3 is 10.4 Å². The Labute approximate surface area is 195 Å². The zero-order valence-corrected chi connectivity index (χ0v) is 18.5. The van der Waals surface area contributed by atoms with Gasteiger partial charge in [0.2, 0.25) is 5.91 Å². The number of anilines is 1. The summed E-state index contributed by atoms with van der Waals surface area (Å²) in [4.78, 5) is 26.9. The highest BCUT2D eigenvalue weighted by Gasteiger charge is 2.54. The van der Waals surface area contributed by atoms with Crippen molar-refractivity contribution in [2.45, 2.75) is 24.4 Å². The standard InChI is InChI=1S/C26H19Cl2NO3/c27-18-3-1-2-17(10-18)22-12-24(31)20(16-6-4-15(14-30)5-7-16)13-26(22)21-9-8-19(28)11-23(21)29-25(26)32/h1-11,13,22,30H,12,14H2,(H,29,32)/t22-,26-/m0/s1. The first-order valence-corrected chi connectivity index (χ1v) is 11.0. The number of halogens is 2. The van der Waals surface area contributed by atoms with Crippen molar-refractivity contribution in [2.75, 3.05) is 5.32 Å². The molecule has 0 unspecified atom stereocenters. The summed E-state index contributed by atoms with van der Waals surface area (Å²) in [6.45, 7) is -0.0788. The molecule has 1 aliphatic heterocycles. The maximum absolute atomic E-state index is 13.6. The molecule has 4 nitrogen and oxygen atoms in total. The molecule has 0 radical (unpaired) electrons. The van der Waals surface area contributed by atoms with Crippen LogP contribution in [0.25, 0.3) is 5.57 Å². The third-order valence-corrected chi connectivity index (χ3v) is 6.83. The number of ketones is 1. The molecule has 2 N–H and O–H groups in total. The highest BCUT2D eigenvalue weighted by atomic mass is 35.5. The average Bonchev–Trinajstić information content (AvgIpc) is 3.05. The van der Waals surface area contributed by atoms with Crippen LogP contribution in [-0.4, -0.2) is 16.8 Å². The Morgan fingerprint density at radius 1 is 0.969 bits per heavy atom. The minimum Gasteiger partial charge on any atom is -0.392 e. The number of benzene rings is 3. The largest absolute Gasteiger partial charge is 0.392 e. The molecular weight excluding hydrogens is 445 g/mol. The Morgan fingerprint density at radius 3 is 2.44 bits per heavy atom. The zero-order valence-electron chi connectivity index (χ0n) is 16.9. The average molecular weight is 464 g/mol. The maximum atomic E-state index is 13.6. The van der Waals surface area contributed by atoms with Crippen molar-refractivity contribution in [1.29, 1.82) is 0 Å². The summed E-state index contributed by atoms with van der Waals surface area (Å²) >= 11 is 12.5. The lowest BCUT2D eigenvalue weighted by Gasteiger charge is -2.38. The van der Waals surface area contributed by atoms with Gasteiger partial charge in [-0.1, -0.05) is 71.7 Å².